The van der Waals surface area contributed by atoms with E-state index in [0.717, 1.165) is 11.3 Å². The summed E-state index contributed by atoms with van der Waals surface area (Å²) in [7, 11) is 0. The summed E-state index contributed by atoms with van der Waals surface area (Å²) >= 11 is 0. The first kappa shape index (κ1) is 10.4. The topological polar surface area (TPSA) is 82.5 Å². The van der Waals surface area contributed by atoms with E-state index in [0.29, 0.717) is 11.5 Å². The molecule has 6 heteroatoms. The third-order valence-corrected chi connectivity index (χ3v) is 2.41. The van der Waals surface area contributed by atoms with Crippen molar-refractivity contribution in [3.63, 3.8) is 0 Å². The van der Waals surface area contributed by atoms with E-state index in [1.54, 1.807) is 36.9 Å². The lowest BCUT2D eigenvalue weighted by Crippen LogP contribution is -2.01. The summed E-state index contributed by atoms with van der Waals surface area (Å²) in [6.45, 7) is 0. The third kappa shape index (κ3) is 1.91. The van der Waals surface area contributed by atoms with Crippen LogP contribution in [0.4, 0.5) is 5.69 Å². The standard InChI is InChI=1S/C12H10N6/c13-10-6-9(12-14-2-1-3-15-12)7-11(8-10)18-16-4-5-17-18/h1-8H,13H2. The first-order valence-electron chi connectivity index (χ1n) is 5.37. The zero-order valence-corrected chi connectivity index (χ0v) is 9.43. The highest BCUT2D eigenvalue weighted by Crippen LogP contribution is 2.21. The number of aromatic nitrogens is 5. The monoisotopic (exact) mass is 238 g/mol. The van der Waals surface area contributed by atoms with Crippen molar-refractivity contribution in [2.24, 2.45) is 0 Å². The summed E-state index contributed by atoms with van der Waals surface area (Å²) < 4.78 is 0. The second kappa shape index (κ2) is 4.25. The lowest BCUT2D eigenvalue weighted by atomic mass is 10.1. The van der Waals surface area contributed by atoms with Crippen molar-refractivity contribution in [2.75, 3.05) is 5.73 Å². The molecule has 2 heterocycles. The molecule has 0 bridgehead atoms. The normalized spacial score (nSPS) is 10.4. The molecule has 3 rings (SSSR count). The predicted octanol–water partition coefficient (Wildman–Crippen LogP) is 1.31. The lowest BCUT2D eigenvalue weighted by Gasteiger charge is -2.05. The molecule has 2 aromatic heterocycles. The largest absolute Gasteiger partial charge is 0.399 e. The van der Waals surface area contributed by atoms with Gasteiger partial charge in [-0.2, -0.15) is 15.0 Å². The molecule has 0 aliphatic carbocycles. The van der Waals surface area contributed by atoms with Gasteiger partial charge < -0.3 is 5.73 Å². The summed E-state index contributed by atoms with van der Waals surface area (Å²) in [6.07, 6.45) is 6.61. The van der Waals surface area contributed by atoms with Gasteiger partial charge in [-0.3, -0.25) is 0 Å². The Labute approximate surface area is 103 Å². The van der Waals surface area contributed by atoms with Crippen LogP contribution in [0.5, 0.6) is 0 Å². The second-order valence-corrected chi connectivity index (χ2v) is 3.70. The molecule has 0 fully saturated rings. The van der Waals surface area contributed by atoms with Crippen molar-refractivity contribution in [1.29, 1.82) is 0 Å². The SMILES string of the molecule is Nc1cc(-c2ncccn2)cc(-n2nccn2)c1. The Hall–Kier alpha value is -2.76. The number of benzene rings is 1. The molecule has 0 spiro atoms. The van der Waals surface area contributed by atoms with Crippen LogP contribution in [0.3, 0.4) is 0 Å². The Bertz CT molecular complexity index is 648. The highest BCUT2D eigenvalue weighted by atomic mass is 15.5. The number of rotatable bonds is 2. The molecule has 0 saturated heterocycles. The van der Waals surface area contributed by atoms with Gasteiger partial charge >= 0.3 is 0 Å². The summed E-state index contributed by atoms with van der Waals surface area (Å²) in [5.74, 6) is 0.623. The number of hydrogen-bond donors (Lipinski definition) is 1. The van der Waals surface area contributed by atoms with Gasteiger partial charge in [0.2, 0.25) is 0 Å². The molecule has 3 aromatic rings. The van der Waals surface area contributed by atoms with E-state index < -0.39 is 0 Å². The van der Waals surface area contributed by atoms with Gasteiger partial charge in [-0.05, 0) is 24.3 Å². The molecule has 88 valence electrons. The highest BCUT2D eigenvalue weighted by molar-refractivity contribution is 5.65. The van der Waals surface area contributed by atoms with Crippen LogP contribution in [-0.4, -0.2) is 25.0 Å². The van der Waals surface area contributed by atoms with Crippen LogP contribution in [0.1, 0.15) is 0 Å². The van der Waals surface area contributed by atoms with Crippen molar-refractivity contribution < 1.29 is 0 Å². The molecule has 0 saturated carbocycles. The van der Waals surface area contributed by atoms with Crippen LogP contribution in [0.2, 0.25) is 0 Å². The van der Waals surface area contributed by atoms with Crippen LogP contribution >= 0.6 is 0 Å². The Morgan fingerprint density at radius 3 is 2.33 bits per heavy atom. The van der Waals surface area contributed by atoms with Crippen molar-refractivity contribution in [3.8, 4) is 17.1 Å². The smallest absolute Gasteiger partial charge is 0.159 e. The van der Waals surface area contributed by atoms with Crippen molar-refractivity contribution in [2.45, 2.75) is 0 Å². The minimum Gasteiger partial charge on any atom is -0.399 e. The first-order valence-corrected chi connectivity index (χ1v) is 5.37. The second-order valence-electron chi connectivity index (χ2n) is 3.70. The van der Waals surface area contributed by atoms with Gasteiger partial charge in [-0.1, -0.05) is 0 Å². The molecular formula is C12H10N6. The number of anilines is 1. The fourth-order valence-electron chi connectivity index (χ4n) is 1.68. The molecule has 0 aliphatic heterocycles. The maximum atomic E-state index is 5.88. The van der Waals surface area contributed by atoms with E-state index in [-0.39, 0.29) is 0 Å². The minimum atomic E-state index is 0.618. The zero-order valence-electron chi connectivity index (χ0n) is 9.43. The number of nitrogens with zero attached hydrogens (tertiary/aromatic N) is 5. The Morgan fingerprint density at radius 1 is 0.889 bits per heavy atom. The Morgan fingerprint density at radius 2 is 1.61 bits per heavy atom. The van der Waals surface area contributed by atoms with Gasteiger partial charge in [0, 0.05) is 23.6 Å². The third-order valence-electron chi connectivity index (χ3n) is 2.41. The number of nitrogen functional groups attached to an aromatic ring is 1. The summed E-state index contributed by atoms with van der Waals surface area (Å²) in [5.41, 5.74) is 8.11. The Kier molecular flexibility index (Phi) is 2.45. The average molecular weight is 238 g/mol. The van der Waals surface area contributed by atoms with Crippen molar-refractivity contribution in [1.82, 2.24) is 25.0 Å². The fourth-order valence-corrected chi connectivity index (χ4v) is 1.68. The first-order chi connectivity index (χ1) is 8.83. The van der Waals surface area contributed by atoms with Crippen molar-refractivity contribution >= 4 is 5.69 Å². The summed E-state index contributed by atoms with van der Waals surface area (Å²) in [6, 6.07) is 7.28. The van der Waals surface area contributed by atoms with Crippen LogP contribution in [0.25, 0.3) is 17.1 Å². The molecule has 2 N–H and O–H groups in total. The summed E-state index contributed by atoms with van der Waals surface area (Å²) in [5, 5.41) is 8.14. The summed E-state index contributed by atoms with van der Waals surface area (Å²) in [4.78, 5) is 9.89. The maximum Gasteiger partial charge on any atom is 0.159 e. The van der Waals surface area contributed by atoms with Crippen LogP contribution in [-0.2, 0) is 0 Å². The quantitative estimate of drug-likeness (QED) is 0.680. The molecule has 0 radical (unpaired) electrons. The van der Waals surface area contributed by atoms with Crippen LogP contribution in [0, 0.1) is 0 Å². The van der Waals surface area contributed by atoms with Gasteiger partial charge in [0.15, 0.2) is 5.82 Å². The van der Waals surface area contributed by atoms with E-state index in [2.05, 4.69) is 20.2 Å². The molecule has 0 unspecified atom stereocenters. The van der Waals surface area contributed by atoms with Crippen LogP contribution in [0.15, 0.2) is 49.1 Å². The van der Waals surface area contributed by atoms with Gasteiger partial charge in [0.25, 0.3) is 0 Å². The predicted molar refractivity (Wildman–Crippen MR) is 66.8 cm³/mol. The highest BCUT2D eigenvalue weighted by Gasteiger charge is 2.06. The van der Waals surface area contributed by atoms with Crippen molar-refractivity contribution in [3.05, 3.63) is 49.1 Å². The zero-order chi connectivity index (χ0) is 12.4. The van der Waals surface area contributed by atoms with E-state index >= 15 is 0 Å². The molecule has 6 nitrogen and oxygen atoms in total. The van der Waals surface area contributed by atoms with Crippen LogP contribution < -0.4 is 5.73 Å². The van der Waals surface area contributed by atoms with Gasteiger partial charge in [-0.25, -0.2) is 9.97 Å². The number of hydrogen-bond acceptors (Lipinski definition) is 5. The van der Waals surface area contributed by atoms with Gasteiger partial charge in [0.1, 0.15) is 0 Å². The number of nitrogens with two attached hydrogens (primary N) is 1. The van der Waals surface area contributed by atoms with E-state index in [1.165, 1.54) is 4.80 Å². The fraction of sp³-hybridized carbons (Fsp3) is 0. The van der Waals surface area contributed by atoms with E-state index in [1.807, 2.05) is 12.1 Å². The maximum absolute atomic E-state index is 5.88. The Balaban J connectivity index is 2.12. The average Bonchev–Trinajstić information content (AvgIpc) is 2.93. The van der Waals surface area contributed by atoms with Gasteiger partial charge in [-0.15, -0.1) is 0 Å². The lowest BCUT2D eigenvalue weighted by molar-refractivity contribution is 0.752. The molecule has 0 aliphatic rings. The molecule has 0 amide bonds. The minimum absolute atomic E-state index is 0.618. The molecule has 1 aromatic carbocycles. The van der Waals surface area contributed by atoms with E-state index in [9.17, 15) is 0 Å². The molecular weight excluding hydrogens is 228 g/mol. The molecule has 0 atom stereocenters. The van der Waals surface area contributed by atoms with E-state index in [4.69, 9.17) is 5.73 Å². The molecule has 18 heavy (non-hydrogen) atoms. The van der Waals surface area contributed by atoms with Gasteiger partial charge in [0.05, 0.1) is 18.1 Å².